The van der Waals surface area contributed by atoms with E-state index in [1.54, 1.807) is 4.90 Å². The number of amides is 1. The van der Waals surface area contributed by atoms with Crippen LogP contribution in [-0.2, 0) is 17.5 Å². The number of nitrogens with zero attached hydrogens (tertiary/aromatic N) is 1. The summed E-state index contributed by atoms with van der Waals surface area (Å²) in [5, 5.41) is 0. The highest BCUT2D eigenvalue weighted by Gasteiger charge is 2.44. The Morgan fingerprint density at radius 2 is 1.66 bits per heavy atom. The number of ether oxygens (including phenoxy) is 1. The normalized spacial score (nSPS) is 23.0. The van der Waals surface area contributed by atoms with Gasteiger partial charge in [-0.05, 0) is 55.9 Å². The summed E-state index contributed by atoms with van der Waals surface area (Å²) >= 11 is 0. The van der Waals surface area contributed by atoms with Gasteiger partial charge in [-0.25, -0.2) is 9.18 Å². The fraction of sp³-hybridized carbons (Fsp3) is 0.417. The van der Waals surface area contributed by atoms with E-state index >= 15 is 0 Å². The van der Waals surface area contributed by atoms with Crippen molar-refractivity contribution in [1.82, 2.24) is 4.90 Å². The Morgan fingerprint density at radius 1 is 1.00 bits per heavy atom. The van der Waals surface area contributed by atoms with Crippen LogP contribution in [0.5, 0.6) is 0 Å². The summed E-state index contributed by atoms with van der Waals surface area (Å²) < 4.78 is 58.2. The smallest absolute Gasteiger partial charge is 0.416 e. The van der Waals surface area contributed by atoms with Gasteiger partial charge < -0.3 is 9.64 Å². The number of hydrogen-bond donors (Lipinski definition) is 0. The number of hydrogen-bond acceptors (Lipinski definition) is 3. The zero-order valence-electron chi connectivity index (χ0n) is 17.3. The summed E-state index contributed by atoms with van der Waals surface area (Å²) in [6.07, 6.45) is -2.10. The third kappa shape index (κ3) is 4.64. The summed E-state index contributed by atoms with van der Waals surface area (Å²) in [7, 11) is 0. The molecular formula is C24H23F4NO3. The second-order valence-corrected chi connectivity index (χ2v) is 8.41. The average molecular weight is 449 g/mol. The van der Waals surface area contributed by atoms with Crippen LogP contribution in [0.15, 0.2) is 48.5 Å². The number of benzene rings is 2. The van der Waals surface area contributed by atoms with Crippen LogP contribution in [0, 0.1) is 11.7 Å². The lowest BCUT2D eigenvalue weighted by Gasteiger charge is -2.47. The van der Waals surface area contributed by atoms with E-state index in [0.29, 0.717) is 31.7 Å². The van der Waals surface area contributed by atoms with Crippen molar-refractivity contribution in [1.29, 1.82) is 0 Å². The van der Waals surface area contributed by atoms with Crippen molar-refractivity contribution in [3.05, 3.63) is 71.0 Å². The lowest BCUT2D eigenvalue weighted by Crippen LogP contribution is -2.55. The molecule has 4 rings (SSSR count). The van der Waals surface area contributed by atoms with Gasteiger partial charge in [-0.2, -0.15) is 13.2 Å². The summed E-state index contributed by atoms with van der Waals surface area (Å²) in [6.45, 7) is 0.148. The van der Waals surface area contributed by atoms with E-state index in [0.717, 1.165) is 24.1 Å². The molecule has 2 unspecified atom stereocenters. The first-order chi connectivity index (χ1) is 15.2. The second kappa shape index (κ2) is 8.92. The molecule has 32 heavy (non-hydrogen) atoms. The summed E-state index contributed by atoms with van der Waals surface area (Å²) in [5.74, 6) is -2.22. The molecule has 0 radical (unpaired) electrons. The van der Waals surface area contributed by atoms with Gasteiger partial charge in [-0.1, -0.05) is 30.3 Å². The standard InChI is InChI=1S/C24H23F4NO3/c25-21-13-17(24(26,27)28)9-10-20(21)22(30)16-11-18-7-4-8-19(12-16)29(18)23(31)32-14-15-5-2-1-3-6-15/h1-3,5-6,9-10,13,16,18-19H,4,7-8,11-12,14H2. The molecule has 0 spiro atoms. The molecule has 2 aliphatic rings. The molecule has 1 amide bonds. The SMILES string of the molecule is O=C(c1ccc(C(F)(F)F)cc1F)C1CC2CCCC(C1)N2C(=O)OCc1ccccc1. The molecule has 2 aromatic rings. The maximum absolute atomic E-state index is 14.3. The number of carbonyl (C=O) groups is 2. The first-order valence-electron chi connectivity index (χ1n) is 10.6. The minimum absolute atomic E-state index is 0.148. The Hall–Kier alpha value is -2.90. The number of piperidine rings is 2. The molecule has 2 bridgehead atoms. The number of fused-ring (bicyclic) bond motifs is 2. The van der Waals surface area contributed by atoms with Crippen LogP contribution < -0.4 is 0 Å². The van der Waals surface area contributed by atoms with Crippen LogP contribution >= 0.6 is 0 Å². The van der Waals surface area contributed by atoms with E-state index in [9.17, 15) is 27.2 Å². The van der Waals surface area contributed by atoms with Crippen LogP contribution in [0.3, 0.4) is 0 Å². The van der Waals surface area contributed by atoms with Gasteiger partial charge in [-0.3, -0.25) is 4.79 Å². The quantitative estimate of drug-likeness (QED) is 0.425. The molecule has 0 N–H and O–H groups in total. The Balaban J connectivity index is 1.45. The Morgan fingerprint density at radius 3 is 2.25 bits per heavy atom. The molecule has 0 aliphatic carbocycles. The molecule has 8 heteroatoms. The summed E-state index contributed by atoms with van der Waals surface area (Å²) in [5.41, 5.74) is -0.588. The van der Waals surface area contributed by atoms with E-state index in [-0.39, 0.29) is 24.3 Å². The minimum Gasteiger partial charge on any atom is -0.445 e. The maximum Gasteiger partial charge on any atom is 0.416 e. The van der Waals surface area contributed by atoms with Crippen LogP contribution in [0.4, 0.5) is 22.4 Å². The number of rotatable bonds is 4. The van der Waals surface area contributed by atoms with Crippen molar-refractivity contribution in [2.24, 2.45) is 5.92 Å². The van der Waals surface area contributed by atoms with Crippen LogP contribution in [0.2, 0.25) is 0 Å². The Bertz CT molecular complexity index is 978. The van der Waals surface area contributed by atoms with Gasteiger partial charge in [0.2, 0.25) is 0 Å². The van der Waals surface area contributed by atoms with Gasteiger partial charge in [0.1, 0.15) is 12.4 Å². The van der Waals surface area contributed by atoms with E-state index in [1.165, 1.54) is 0 Å². The fourth-order valence-corrected chi connectivity index (χ4v) is 4.80. The van der Waals surface area contributed by atoms with Crippen molar-refractivity contribution >= 4 is 11.9 Å². The first-order valence-corrected chi connectivity index (χ1v) is 10.6. The fourth-order valence-electron chi connectivity index (χ4n) is 4.80. The summed E-state index contributed by atoms with van der Waals surface area (Å²) in [6, 6.07) is 10.9. The monoisotopic (exact) mass is 449 g/mol. The number of alkyl halides is 3. The maximum atomic E-state index is 14.3. The molecule has 2 heterocycles. The van der Waals surface area contributed by atoms with Crippen molar-refractivity contribution < 1.29 is 31.9 Å². The van der Waals surface area contributed by atoms with E-state index in [1.807, 2.05) is 30.3 Å². The molecule has 2 atom stereocenters. The first kappa shape index (κ1) is 22.3. The lowest BCUT2D eigenvalue weighted by molar-refractivity contribution is -0.137. The van der Waals surface area contributed by atoms with Crippen molar-refractivity contribution in [2.75, 3.05) is 0 Å². The molecule has 0 aromatic heterocycles. The molecular weight excluding hydrogens is 426 g/mol. The van der Waals surface area contributed by atoms with Crippen LogP contribution in [0.1, 0.15) is 53.6 Å². The van der Waals surface area contributed by atoms with Crippen molar-refractivity contribution in [2.45, 2.75) is 57.0 Å². The average Bonchev–Trinajstić information content (AvgIpc) is 2.76. The summed E-state index contributed by atoms with van der Waals surface area (Å²) in [4.78, 5) is 27.4. The molecule has 2 aromatic carbocycles. The topological polar surface area (TPSA) is 46.6 Å². The van der Waals surface area contributed by atoms with E-state index < -0.39 is 35.4 Å². The van der Waals surface area contributed by atoms with Gasteiger partial charge in [0.05, 0.1) is 11.1 Å². The van der Waals surface area contributed by atoms with E-state index in [4.69, 9.17) is 4.74 Å². The van der Waals surface area contributed by atoms with Gasteiger partial charge in [-0.15, -0.1) is 0 Å². The number of halogens is 4. The van der Waals surface area contributed by atoms with Gasteiger partial charge in [0.25, 0.3) is 0 Å². The molecule has 4 nitrogen and oxygen atoms in total. The largest absolute Gasteiger partial charge is 0.445 e. The Labute approximate surface area is 183 Å². The molecule has 2 saturated heterocycles. The van der Waals surface area contributed by atoms with Gasteiger partial charge in [0.15, 0.2) is 5.78 Å². The highest BCUT2D eigenvalue weighted by Crippen LogP contribution is 2.39. The third-order valence-corrected chi connectivity index (χ3v) is 6.32. The van der Waals surface area contributed by atoms with Gasteiger partial charge >= 0.3 is 12.3 Å². The zero-order valence-corrected chi connectivity index (χ0v) is 17.3. The van der Waals surface area contributed by atoms with E-state index in [2.05, 4.69) is 0 Å². The second-order valence-electron chi connectivity index (χ2n) is 8.41. The molecule has 170 valence electrons. The highest BCUT2D eigenvalue weighted by molar-refractivity contribution is 5.98. The number of ketones is 1. The van der Waals surface area contributed by atoms with Crippen molar-refractivity contribution in [3.8, 4) is 0 Å². The Kier molecular flexibility index (Phi) is 6.22. The van der Waals surface area contributed by atoms with Crippen LogP contribution in [-0.4, -0.2) is 28.9 Å². The number of Topliss-reactive ketones (excluding diaryl/α,β-unsaturated/α-hetero) is 1. The molecule has 2 fully saturated rings. The highest BCUT2D eigenvalue weighted by atomic mass is 19.4. The van der Waals surface area contributed by atoms with Crippen molar-refractivity contribution in [3.63, 3.8) is 0 Å². The predicted octanol–water partition coefficient (Wildman–Crippen LogP) is 6.00. The minimum atomic E-state index is -4.68. The molecule has 2 aliphatic heterocycles. The molecule has 0 saturated carbocycles. The predicted molar refractivity (Wildman–Crippen MR) is 108 cm³/mol. The lowest BCUT2D eigenvalue weighted by atomic mass is 9.75. The van der Waals surface area contributed by atoms with Crippen LogP contribution in [0.25, 0.3) is 0 Å². The zero-order chi connectivity index (χ0) is 22.9. The van der Waals surface area contributed by atoms with Gasteiger partial charge in [0, 0.05) is 18.0 Å². The number of carbonyl (C=O) groups excluding carboxylic acids is 2. The third-order valence-electron chi connectivity index (χ3n) is 6.32.